The molecule has 0 unspecified atom stereocenters. The summed E-state index contributed by atoms with van der Waals surface area (Å²) in [6.07, 6.45) is 10.9. The first-order chi connectivity index (χ1) is 10.1. The lowest BCUT2D eigenvalue weighted by Gasteiger charge is -2.28. The highest BCUT2D eigenvalue weighted by atomic mass is 31.2. The number of rotatable bonds is 10. The van der Waals surface area contributed by atoms with Gasteiger partial charge < -0.3 is 10.2 Å². The van der Waals surface area contributed by atoms with Crippen molar-refractivity contribution in [1.29, 1.82) is 0 Å². The van der Waals surface area contributed by atoms with Gasteiger partial charge in [-0.15, -0.1) is 0 Å². The van der Waals surface area contributed by atoms with E-state index in [2.05, 4.69) is 20.8 Å². The Balaban J connectivity index is 3.19. The van der Waals surface area contributed by atoms with E-state index in [1.807, 2.05) is 6.07 Å². The average Bonchev–Trinajstić information content (AvgIpc) is 2.49. The van der Waals surface area contributed by atoms with Crippen molar-refractivity contribution >= 4 is 12.6 Å². The Kier molecular flexibility index (Phi) is 8.11. The Morgan fingerprint density at radius 3 is 1.71 bits per heavy atom. The third kappa shape index (κ3) is 5.18. The van der Waals surface area contributed by atoms with E-state index in [-0.39, 0.29) is 5.75 Å². The van der Waals surface area contributed by atoms with E-state index in [0.29, 0.717) is 5.75 Å². The maximum atomic E-state index is 10.4. The number of hydrogen-bond acceptors (Lipinski definition) is 2. The fourth-order valence-electron chi connectivity index (χ4n) is 2.97. The van der Waals surface area contributed by atoms with Crippen molar-refractivity contribution in [3.05, 3.63) is 18.2 Å². The molecular formula is C18H32O2P+. The van der Waals surface area contributed by atoms with Gasteiger partial charge in [-0.3, -0.25) is 0 Å². The quantitative estimate of drug-likeness (QED) is 0.464. The van der Waals surface area contributed by atoms with Crippen molar-refractivity contribution in [2.45, 2.75) is 59.3 Å². The molecule has 0 radical (unpaired) electrons. The first-order valence-corrected chi connectivity index (χ1v) is 10.8. The van der Waals surface area contributed by atoms with Crippen LogP contribution in [-0.2, 0) is 0 Å². The second-order valence-corrected chi connectivity index (χ2v) is 10.2. The number of phenolic OH excluding ortho intramolecular Hbond substituents is 2. The number of aromatic hydroxyl groups is 2. The summed E-state index contributed by atoms with van der Waals surface area (Å²) < 4.78 is 0. The molecule has 2 N–H and O–H groups in total. The van der Waals surface area contributed by atoms with Crippen molar-refractivity contribution in [3.63, 3.8) is 0 Å². The van der Waals surface area contributed by atoms with Crippen molar-refractivity contribution < 1.29 is 10.2 Å². The van der Waals surface area contributed by atoms with Crippen molar-refractivity contribution in [1.82, 2.24) is 0 Å². The lowest BCUT2D eigenvalue weighted by atomic mass is 10.3. The first kappa shape index (κ1) is 18.3. The number of benzene rings is 1. The van der Waals surface area contributed by atoms with E-state index in [1.165, 1.54) is 57.0 Å². The maximum absolute atomic E-state index is 10.4. The van der Waals surface area contributed by atoms with E-state index >= 15 is 0 Å². The highest BCUT2D eigenvalue weighted by molar-refractivity contribution is 7.83. The minimum atomic E-state index is -1.37. The molecule has 0 atom stereocenters. The molecule has 3 heteroatoms. The second kappa shape index (κ2) is 9.30. The molecule has 0 heterocycles. The van der Waals surface area contributed by atoms with Crippen LogP contribution in [0.25, 0.3) is 0 Å². The molecule has 0 aliphatic rings. The molecule has 0 spiro atoms. The van der Waals surface area contributed by atoms with Gasteiger partial charge in [0.2, 0.25) is 0 Å². The molecule has 120 valence electrons. The second-order valence-electron chi connectivity index (χ2n) is 6.05. The van der Waals surface area contributed by atoms with Gasteiger partial charge in [-0.2, -0.15) is 0 Å². The SMILES string of the molecule is CCCC[P+](CCCC)(CCCC)c1cc(O)ccc1O. The molecule has 1 rings (SSSR count). The molecule has 0 aliphatic heterocycles. The standard InChI is InChI=1S/C18H31O2P/c1-4-7-12-21(13-8-5-2,14-9-6-3)18-15-16(19)10-11-17(18)20/h10-11,15H,4-9,12-14H2,1-3H3,(H-,19,20)/p+1. The van der Waals surface area contributed by atoms with E-state index in [0.717, 1.165) is 5.30 Å². The molecule has 1 aromatic rings. The molecule has 0 bridgehead atoms. The smallest absolute Gasteiger partial charge is 0.158 e. The van der Waals surface area contributed by atoms with Crippen LogP contribution in [0.5, 0.6) is 11.5 Å². The summed E-state index contributed by atoms with van der Waals surface area (Å²) in [4.78, 5) is 0. The molecule has 0 fully saturated rings. The third-order valence-electron chi connectivity index (χ3n) is 4.29. The van der Waals surface area contributed by atoms with Gasteiger partial charge in [-0.25, -0.2) is 0 Å². The molecule has 0 saturated heterocycles. The van der Waals surface area contributed by atoms with Gasteiger partial charge in [0.25, 0.3) is 0 Å². The Hall–Kier alpha value is -0.750. The molecule has 21 heavy (non-hydrogen) atoms. The van der Waals surface area contributed by atoms with Crippen LogP contribution in [0.15, 0.2) is 18.2 Å². The molecule has 0 saturated carbocycles. The summed E-state index contributed by atoms with van der Waals surface area (Å²) in [7, 11) is -1.37. The minimum Gasteiger partial charge on any atom is -0.508 e. The van der Waals surface area contributed by atoms with E-state index in [1.54, 1.807) is 12.1 Å². The maximum Gasteiger partial charge on any atom is 0.158 e. The Labute approximate surface area is 130 Å². The van der Waals surface area contributed by atoms with Crippen molar-refractivity contribution in [3.8, 4) is 11.5 Å². The van der Waals surface area contributed by atoms with Gasteiger partial charge in [0.1, 0.15) is 11.1 Å². The summed E-state index contributed by atoms with van der Waals surface area (Å²) in [5.41, 5.74) is 0. The normalized spacial score (nSPS) is 11.8. The first-order valence-electron chi connectivity index (χ1n) is 8.48. The van der Waals surface area contributed by atoms with Crippen LogP contribution < -0.4 is 5.30 Å². The van der Waals surface area contributed by atoms with Gasteiger partial charge in [-0.1, -0.05) is 40.0 Å². The largest absolute Gasteiger partial charge is 0.508 e. The summed E-state index contributed by atoms with van der Waals surface area (Å²) in [5.74, 6) is 0.682. The number of hydrogen-bond donors (Lipinski definition) is 2. The summed E-state index contributed by atoms with van der Waals surface area (Å²) in [6, 6.07) is 5.10. The zero-order valence-corrected chi connectivity index (χ0v) is 14.8. The average molecular weight is 311 g/mol. The fourth-order valence-corrected chi connectivity index (χ4v) is 8.10. The Bertz CT molecular complexity index is 396. The monoisotopic (exact) mass is 311 g/mol. The lowest BCUT2D eigenvalue weighted by Crippen LogP contribution is -2.21. The summed E-state index contributed by atoms with van der Waals surface area (Å²) in [5, 5.41) is 21.3. The van der Waals surface area contributed by atoms with Gasteiger partial charge in [0, 0.05) is 6.07 Å². The van der Waals surface area contributed by atoms with E-state index in [9.17, 15) is 10.2 Å². The van der Waals surface area contributed by atoms with Crippen LogP contribution in [0.2, 0.25) is 0 Å². The molecule has 2 nitrogen and oxygen atoms in total. The molecule has 0 amide bonds. The number of phenols is 2. The molecule has 1 aromatic carbocycles. The van der Waals surface area contributed by atoms with E-state index in [4.69, 9.17) is 0 Å². The highest BCUT2D eigenvalue weighted by Gasteiger charge is 2.40. The number of unbranched alkanes of at least 4 members (excludes halogenated alkanes) is 3. The highest BCUT2D eigenvalue weighted by Crippen LogP contribution is 2.61. The summed E-state index contributed by atoms with van der Waals surface area (Å²) in [6.45, 7) is 6.70. The van der Waals surface area contributed by atoms with Gasteiger partial charge >= 0.3 is 0 Å². The van der Waals surface area contributed by atoms with Crippen molar-refractivity contribution in [2.75, 3.05) is 18.5 Å². The Morgan fingerprint density at radius 1 is 0.810 bits per heavy atom. The van der Waals surface area contributed by atoms with Crippen LogP contribution in [0.3, 0.4) is 0 Å². The lowest BCUT2D eigenvalue weighted by molar-refractivity contribution is 0.463. The third-order valence-corrected chi connectivity index (χ3v) is 9.19. The molecular weight excluding hydrogens is 279 g/mol. The van der Waals surface area contributed by atoms with Crippen LogP contribution in [0.1, 0.15) is 59.3 Å². The summed E-state index contributed by atoms with van der Waals surface area (Å²) >= 11 is 0. The van der Waals surface area contributed by atoms with Crippen LogP contribution in [0, 0.1) is 0 Å². The van der Waals surface area contributed by atoms with Crippen LogP contribution >= 0.6 is 7.26 Å². The molecule has 0 aromatic heterocycles. The van der Waals surface area contributed by atoms with Gasteiger partial charge in [-0.05, 0) is 31.4 Å². The predicted octanol–water partition coefficient (Wildman–Crippen LogP) is 5.14. The van der Waals surface area contributed by atoms with Gasteiger partial charge in [0.05, 0.1) is 25.7 Å². The molecule has 0 aliphatic carbocycles. The fraction of sp³-hybridized carbons (Fsp3) is 0.667. The van der Waals surface area contributed by atoms with Crippen LogP contribution in [0.4, 0.5) is 0 Å². The van der Waals surface area contributed by atoms with E-state index < -0.39 is 7.26 Å². The van der Waals surface area contributed by atoms with Crippen LogP contribution in [-0.4, -0.2) is 28.7 Å². The van der Waals surface area contributed by atoms with Crippen molar-refractivity contribution in [2.24, 2.45) is 0 Å². The Morgan fingerprint density at radius 2 is 1.29 bits per heavy atom. The topological polar surface area (TPSA) is 40.5 Å². The zero-order valence-electron chi connectivity index (χ0n) is 13.9. The predicted molar refractivity (Wildman–Crippen MR) is 95.7 cm³/mol. The minimum absolute atomic E-state index is 0.289. The van der Waals surface area contributed by atoms with Gasteiger partial charge in [0.15, 0.2) is 5.75 Å². The zero-order chi connectivity index (χ0) is 15.7.